The van der Waals surface area contributed by atoms with Crippen LogP contribution in [0.3, 0.4) is 0 Å². The zero-order chi connectivity index (χ0) is 20.4. The Balaban J connectivity index is -0.000000659. The summed E-state index contributed by atoms with van der Waals surface area (Å²) >= 11 is 0. The molecule has 0 atom stereocenters. The highest BCUT2D eigenvalue weighted by Gasteiger charge is 2.71. The van der Waals surface area contributed by atoms with E-state index in [4.69, 9.17) is 10.2 Å². The minimum Gasteiger partial charge on any atom is -0.508 e. The fourth-order valence-corrected chi connectivity index (χ4v) is 1.52. The summed E-state index contributed by atoms with van der Waals surface area (Å²) in [5.74, 6) is -0.497. The van der Waals surface area contributed by atoms with Crippen molar-refractivity contribution in [1.82, 2.24) is 0 Å². The smallest absolute Gasteiger partial charge is 0.430 e. The van der Waals surface area contributed by atoms with Crippen molar-refractivity contribution >= 4 is 0 Å². The van der Waals surface area contributed by atoms with Gasteiger partial charge in [-0.3, -0.25) is 0 Å². The molecule has 1 aromatic rings. The van der Waals surface area contributed by atoms with Crippen LogP contribution in [0.1, 0.15) is 52.7 Å². The lowest BCUT2D eigenvalue weighted by Gasteiger charge is -2.33. The van der Waals surface area contributed by atoms with E-state index in [0.717, 1.165) is 6.92 Å². The highest BCUT2D eigenvalue weighted by Crippen LogP contribution is 2.51. The largest absolute Gasteiger partial charge is 0.508 e. The Morgan fingerprint density at radius 1 is 0.750 bits per heavy atom. The van der Waals surface area contributed by atoms with Crippen molar-refractivity contribution in [3.63, 3.8) is 0 Å². The first-order valence-electron chi connectivity index (χ1n) is 7.57. The summed E-state index contributed by atoms with van der Waals surface area (Å²) in [6.45, 7) is 12.9. The summed E-state index contributed by atoms with van der Waals surface area (Å²) in [6, 6.07) is 1.74. The van der Waals surface area contributed by atoms with Gasteiger partial charge < -0.3 is 10.2 Å². The highest BCUT2D eigenvalue weighted by atomic mass is 19.4. The Kier molecular flexibility index (Phi) is 12.8. The topological polar surface area (TPSA) is 40.5 Å². The number of aromatic hydroxyl groups is 1. The van der Waals surface area contributed by atoms with Crippen LogP contribution in [0, 0.1) is 6.92 Å². The molecule has 0 saturated heterocycles. The predicted octanol–water partition coefficient (Wildman–Crippen LogP) is 6.09. The van der Waals surface area contributed by atoms with Gasteiger partial charge in [-0.05, 0) is 24.6 Å². The molecule has 0 spiro atoms. The van der Waals surface area contributed by atoms with E-state index in [0.29, 0.717) is 18.2 Å². The van der Waals surface area contributed by atoms with Gasteiger partial charge in [0.1, 0.15) is 5.75 Å². The molecule has 0 saturated carbocycles. The first kappa shape index (κ1) is 27.4. The fraction of sp³-hybridized carbons (Fsp3) is 0.625. The Morgan fingerprint density at radius 2 is 1.08 bits per heavy atom. The van der Waals surface area contributed by atoms with E-state index >= 15 is 0 Å². The molecule has 0 aliphatic carbocycles. The van der Waals surface area contributed by atoms with Gasteiger partial charge in [0.2, 0.25) is 0 Å². The van der Waals surface area contributed by atoms with E-state index in [1.165, 1.54) is 0 Å². The highest BCUT2D eigenvalue weighted by molar-refractivity contribution is 5.39. The van der Waals surface area contributed by atoms with Gasteiger partial charge in [-0.1, -0.05) is 47.6 Å². The molecule has 0 radical (unpaired) electrons. The summed E-state index contributed by atoms with van der Waals surface area (Å²) in [5.41, 5.74) is -6.84. The molecule has 0 aliphatic rings. The normalized spacial score (nSPS) is 11.1. The van der Waals surface area contributed by atoms with Crippen LogP contribution in [-0.2, 0) is 5.60 Å². The van der Waals surface area contributed by atoms with Gasteiger partial charge in [0.15, 0.2) is 0 Å². The maximum atomic E-state index is 12.5. The van der Waals surface area contributed by atoms with Crippen LogP contribution >= 0.6 is 0 Å². The molecule has 0 aliphatic heterocycles. The van der Waals surface area contributed by atoms with E-state index in [2.05, 4.69) is 0 Å². The van der Waals surface area contributed by atoms with Gasteiger partial charge in [-0.15, -0.1) is 0 Å². The predicted molar refractivity (Wildman–Crippen MR) is 82.9 cm³/mol. The van der Waals surface area contributed by atoms with Gasteiger partial charge in [-0.2, -0.15) is 26.3 Å². The molecule has 8 heteroatoms. The maximum absolute atomic E-state index is 12.5. The molecule has 0 bridgehead atoms. The number of aryl methyl sites for hydroxylation is 1. The number of aliphatic hydroxyl groups is 1. The van der Waals surface area contributed by atoms with Crippen LogP contribution < -0.4 is 0 Å². The van der Waals surface area contributed by atoms with Crippen LogP contribution in [-0.4, -0.2) is 22.6 Å². The summed E-state index contributed by atoms with van der Waals surface area (Å²) in [4.78, 5) is 0. The standard InChI is InChI=1S/C10H8F6O2.3C2H6/c1-5-4-6(17)2-3-7(5)8(18,9(11,12)13)10(14,15)16;3*1-2/h2-4,17-18H,1H3;3*1-2H3. The van der Waals surface area contributed by atoms with Crippen LogP contribution in [0.4, 0.5) is 26.3 Å². The number of halogens is 6. The van der Waals surface area contributed by atoms with Gasteiger partial charge in [-0.25, -0.2) is 0 Å². The van der Waals surface area contributed by atoms with Crippen LogP contribution in [0.15, 0.2) is 18.2 Å². The molecule has 0 heterocycles. The third-order valence-electron chi connectivity index (χ3n) is 2.42. The van der Waals surface area contributed by atoms with Crippen molar-refractivity contribution in [1.29, 1.82) is 0 Å². The average molecular weight is 364 g/mol. The first-order chi connectivity index (χ1) is 10.9. The van der Waals surface area contributed by atoms with Crippen LogP contribution in [0.5, 0.6) is 5.75 Å². The number of hydrogen-bond donors (Lipinski definition) is 2. The molecule has 144 valence electrons. The van der Waals surface area contributed by atoms with E-state index in [9.17, 15) is 26.3 Å². The van der Waals surface area contributed by atoms with E-state index in [-0.39, 0.29) is 0 Å². The van der Waals surface area contributed by atoms with Crippen molar-refractivity contribution in [3.8, 4) is 5.75 Å². The zero-order valence-electron chi connectivity index (χ0n) is 14.9. The van der Waals surface area contributed by atoms with Crippen molar-refractivity contribution in [2.45, 2.75) is 66.4 Å². The summed E-state index contributed by atoms with van der Waals surface area (Å²) in [6.07, 6.45) is -11.8. The molecule has 1 rings (SSSR count). The van der Waals surface area contributed by atoms with Crippen molar-refractivity contribution in [3.05, 3.63) is 29.3 Å². The van der Waals surface area contributed by atoms with Crippen molar-refractivity contribution in [2.75, 3.05) is 0 Å². The molecule has 2 nitrogen and oxygen atoms in total. The Hall–Kier alpha value is -1.44. The zero-order valence-corrected chi connectivity index (χ0v) is 14.9. The van der Waals surface area contributed by atoms with Crippen LogP contribution in [0.2, 0.25) is 0 Å². The van der Waals surface area contributed by atoms with E-state index in [1.54, 1.807) is 0 Å². The lowest BCUT2D eigenvalue weighted by Crippen LogP contribution is -2.54. The lowest BCUT2D eigenvalue weighted by molar-refractivity contribution is -0.376. The first-order valence-corrected chi connectivity index (χ1v) is 7.57. The number of hydrogen-bond acceptors (Lipinski definition) is 2. The summed E-state index contributed by atoms with van der Waals surface area (Å²) in [7, 11) is 0. The average Bonchev–Trinajstić information content (AvgIpc) is 2.50. The summed E-state index contributed by atoms with van der Waals surface area (Å²) in [5, 5.41) is 18.1. The molecule has 1 aromatic carbocycles. The van der Waals surface area contributed by atoms with Crippen molar-refractivity contribution in [2.24, 2.45) is 0 Å². The van der Waals surface area contributed by atoms with E-state index < -0.39 is 34.8 Å². The van der Waals surface area contributed by atoms with Crippen molar-refractivity contribution < 1.29 is 36.6 Å². The Bertz CT molecular complexity index is 439. The van der Waals surface area contributed by atoms with Gasteiger partial charge >= 0.3 is 12.4 Å². The third kappa shape index (κ3) is 6.22. The van der Waals surface area contributed by atoms with E-state index in [1.807, 2.05) is 41.5 Å². The number of rotatable bonds is 1. The number of benzene rings is 1. The molecule has 2 N–H and O–H groups in total. The monoisotopic (exact) mass is 364 g/mol. The molecule has 0 unspecified atom stereocenters. The molecular weight excluding hydrogens is 338 g/mol. The number of phenols is 1. The number of phenolic OH excluding ortho intramolecular Hbond substituents is 1. The summed E-state index contributed by atoms with van der Waals surface area (Å²) < 4.78 is 75.2. The second-order valence-electron chi connectivity index (χ2n) is 3.71. The maximum Gasteiger partial charge on any atom is 0.430 e. The lowest BCUT2D eigenvalue weighted by atomic mass is 9.88. The van der Waals surface area contributed by atoms with Gasteiger partial charge in [0.25, 0.3) is 5.60 Å². The Labute approximate surface area is 139 Å². The second-order valence-corrected chi connectivity index (χ2v) is 3.71. The Morgan fingerprint density at radius 3 is 1.33 bits per heavy atom. The number of alkyl halides is 6. The minimum absolute atomic E-state index is 0.394. The quantitative estimate of drug-likeness (QED) is 0.592. The molecule has 0 fully saturated rings. The third-order valence-corrected chi connectivity index (χ3v) is 2.42. The fourth-order valence-electron chi connectivity index (χ4n) is 1.52. The molecule has 0 amide bonds. The molecular formula is C16H26F6O2. The molecule has 0 aromatic heterocycles. The SMILES string of the molecule is CC.CC.CC.Cc1cc(O)ccc1C(O)(C(F)(F)F)C(F)(F)F. The molecule has 24 heavy (non-hydrogen) atoms. The van der Waals surface area contributed by atoms with Crippen LogP contribution in [0.25, 0.3) is 0 Å². The minimum atomic E-state index is -5.92. The second kappa shape index (κ2) is 11.2. The van der Waals surface area contributed by atoms with Gasteiger partial charge in [0.05, 0.1) is 0 Å². The van der Waals surface area contributed by atoms with Gasteiger partial charge in [0, 0.05) is 5.56 Å².